The number of phenolic OH excluding ortho intramolecular Hbond substituents is 1. The lowest BCUT2D eigenvalue weighted by Gasteiger charge is -2.04. The molecule has 0 atom stereocenters. The molecule has 0 aliphatic carbocycles. The van der Waals surface area contributed by atoms with Crippen LogP contribution in [0.3, 0.4) is 0 Å². The fourth-order valence-electron chi connectivity index (χ4n) is 1.46. The van der Waals surface area contributed by atoms with Crippen LogP contribution in [0.4, 0.5) is 0 Å². The van der Waals surface area contributed by atoms with Crippen molar-refractivity contribution in [2.24, 2.45) is 0 Å². The van der Waals surface area contributed by atoms with E-state index in [0.29, 0.717) is 10.9 Å². The molecule has 0 spiro atoms. The maximum absolute atomic E-state index is 10.9. The summed E-state index contributed by atoms with van der Waals surface area (Å²) in [6.45, 7) is 1.76. The summed E-state index contributed by atoms with van der Waals surface area (Å²) in [5.74, 6) is -0.0255. The molecule has 0 saturated carbocycles. The van der Waals surface area contributed by atoms with Crippen molar-refractivity contribution >= 4 is 21.0 Å². The third-order valence-corrected chi connectivity index (χ3v) is 3.14. The number of hydrogen-bond acceptors (Lipinski definition) is 4. The first-order valence-electron chi connectivity index (χ1n) is 4.45. The molecule has 0 fully saturated rings. The highest BCUT2D eigenvalue weighted by molar-refractivity contribution is 7.85. The summed E-state index contributed by atoms with van der Waals surface area (Å²) in [6.07, 6.45) is 1.01. The second-order valence-electron chi connectivity index (χ2n) is 3.44. The normalized spacial score (nSPS) is 11.9. The van der Waals surface area contributed by atoms with Crippen molar-refractivity contribution in [2.75, 3.05) is 0 Å². The van der Waals surface area contributed by atoms with Gasteiger partial charge in [0, 0.05) is 11.6 Å². The number of rotatable bonds is 1. The summed E-state index contributed by atoms with van der Waals surface area (Å²) in [7, 11) is -4.27. The summed E-state index contributed by atoms with van der Waals surface area (Å²) < 4.78 is 30.7. The Kier molecular flexibility index (Phi) is 2.32. The van der Waals surface area contributed by atoms with Gasteiger partial charge >= 0.3 is 0 Å². The fraction of sp³-hybridized carbons (Fsp3) is 0.100. The van der Waals surface area contributed by atoms with Crippen LogP contribution in [-0.2, 0) is 10.1 Å². The van der Waals surface area contributed by atoms with Crippen LogP contribution in [0.1, 0.15) is 5.56 Å². The minimum Gasteiger partial charge on any atom is -0.506 e. The lowest BCUT2D eigenvalue weighted by Crippen LogP contribution is -1.99. The minimum atomic E-state index is -4.27. The smallest absolute Gasteiger partial charge is 0.296 e. The first-order valence-corrected chi connectivity index (χ1v) is 5.89. The highest BCUT2D eigenvalue weighted by atomic mass is 32.2. The molecule has 1 heterocycles. The van der Waals surface area contributed by atoms with E-state index in [4.69, 9.17) is 4.55 Å². The number of hydrogen-bond donors (Lipinski definition) is 2. The summed E-state index contributed by atoms with van der Waals surface area (Å²) in [5, 5.41) is 10.0. The molecule has 0 bridgehead atoms. The Labute approximate surface area is 92.1 Å². The van der Waals surface area contributed by atoms with Gasteiger partial charge in [0.05, 0.1) is 0 Å². The van der Waals surface area contributed by atoms with Crippen LogP contribution in [0, 0.1) is 6.92 Å². The number of pyridine rings is 1. The zero-order valence-corrected chi connectivity index (χ0v) is 9.19. The fourth-order valence-corrected chi connectivity index (χ4v) is 1.92. The van der Waals surface area contributed by atoms with Crippen molar-refractivity contribution in [3.8, 4) is 5.75 Å². The van der Waals surface area contributed by atoms with Crippen molar-refractivity contribution in [1.29, 1.82) is 0 Å². The van der Waals surface area contributed by atoms with Gasteiger partial charge in [0.2, 0.25) is 0 Å². The Balaban J connectivity index is 2.86. The van der Waals surface area contributed by atoms with Gasteiger partial charge in [0.1, 0.15) is 16.2 Å². The van der Waals surface area contributed by atoms with E-state index in [2.05, 4.69) is 4.98 Å². The number of nitrogens with zero attached hydrogens (tertiary/aromatic N) is 1. The average molecular weight is 239 g/mol. The van der Waals surface area contributed by atoms with Gasteiger partial charge in [-0.25, -0.2) is 0 Å². The highest BCUT2D eigenvalue weighted by Crippen LogP contribution is 2.26. The van der Waals surface area contributed by atoms with Crippen LogP contribution in [0.2, 0.25) is 0 Å². The molecule has 84 valence electrons. The van der Waals surface area contributed by atoms with Crippen LogP contribution in [0.5, 0.6) is 5.75 Å². The van der Waals surface area contributed by atoms with E-state index in [-0.39, 0.29) is 10.6 Å². The average Bonchev–Trinajstić information content (AvgIpc) is 2.22. The van der Waals surface area contributed by atoms with E-state index in [9.17, 15) is 13.5 Å². The van der Waals surface area contributed by atoms with Crippen molar-refractivity contribution in [3.05, 3.63) is 30.0 Å². The van der Waals surface area contributed by atoms with E-state index < -0.39 is 10.1 Å². The number of benzene rings is 1. The van der Waals surface area contributed by atoms with Gasteiger partial charge in [-0.1, -0.05) is 6.07 Å². The van der Waals surface area contributed by atoms with E-state index >= 15 is 0 Å². The van der Waals surface area contributed by atoms with Gasteiger partial charge in [-0.2, -0.15) is 8.42 Å². The Hall–Kier alpha value is -1.66. The number of phenols is 1. The van der Waals surface area contributed by atoms with Gasteiger partial charge in [0.25, 0.3) is 10.1 Å². The van der Waals surface area contributed by atoms with Crippen LogP contribution in [0.15, 0.2) is 29.3 Å². The van der Waals surface area contributed by atoms with Crippen molar-refractivity contribution in [1.82, 2.24) is 4.98 Å². The molecule has 5 nitrogen and oxygen atoms in total. The molecule has 16 heavy (non-hydrogen) atoms. The zero-order valence-electron chi connectivity index (χ0n) is 8.38. The molecule has 2 N–H and O–H groups in total. The highest BCUT2D eigenvalue weighted by Gasteiger charge is 2.13. The second-order valence-corrected chi connectivity index (χ2v) is 4.87. The number of aromatic nitrogens is 1. The first kappa shape index (κ1) is 10.8. The van der Waals surface area contributed by atoms with Gasteiger partial charge in [-0.3, -0.25) is 9.54 Å². The second kappa shape index (κ2) is 3.43. The third-order valence-electron chi connectivity index (χ3n) is 2.32. The molecule has 0 radical (unpaired) electrons. The Morgan fingerprint density at radius 1 is 1.31 bits per heavy atom. The molecule has 2 aromatic rings. The van der Waals surface area contributed by atoms with Gasteiger partial charge in [0.15, 0.2) is 0 Å². The molecular formula is C10H9NO4S. The summed E-state index contributed by atoms with van der Waals surface area (Å²) in [6, 6.07) is 4.41. The monoisotopic (exact) mass is 239 g/mol. The summed E-state index contributed by atoms with van der Waals surface area (Å²) >= 11 is 0. The molecule has 2 rings (SSSR count). The van der Waals surface area contributed by atoms with Crippen molar-refractivity contribution in [3.63, 3.8) is 0 Å². The van der Waals surface area contributed by atoms with E-state index in [0.717, 1.165) is 11.8 Å². The lowest BCUT2D eigenvalue weighted by atomic mass is 10.1. The molecule has 0 aliphatic heterocycles. The predicted molar refractivity (Wildman–Crippen MR) is 58.0 cm³/mol. The Bertz CT molecular complexity index is 664. The molecule has 0 amide bonds. The number of aromatic hydroxyl groups is 1. The van der Waals surface area contributed by atoms with Crippen LogP contribution in [0.25, 0.3) is 10.9 Å². The third kappa shape index (κ3) is 1.72. The Morgan fingerprint density at radius 2 is 2.00 bits per heavy atom. The molecule has 0 aliphatic rings. The van der Waals surface area contributed by atoms with Gasteiger partial charge < -0.3 is 5.11 Å². The van der Waals surface area contributed by atoms with E-state index in [1.807, 2.05) is 0 Å². The van der Waals surface area contributed by atoms with E-state index in [1.54, 1.807) is 13.0 Å². The quantitative estimate of drug-likeness (QED) is 0.736. The predicted octanol–water partition coefficient (Wildman–Crippen LogP) is 1.50. The van der Waals surface area contributed by atoms with E-state index in [1.165, 1.54) is 12.1 Å². The zero-order chi connectivity index (χ0) is 11.9. The summed E-state index contributed by atoms with van der Waals surface area (Å²) in [5.41, 5.74) is 1.08. The maximum atomic E-state index is 10.9. The molecule has 6 heteroatoms. The van der Waals surface area contributed by atoms with Crippen molar-refractivity contribution in [2.45, 2.75) is 11.8 Å². The van der Waals surface area contributed by atoms with Crippen LogP contribution < -0.4 is 0 Å². The molecular weight excluding hydrogens is 230 g/mol. The number of fused-ring (bicyclic) bond motifs is 1. The molecule has 0 saturated heterocycles. The Morgan fingerprint density at radius 3 is 2.62 bits per heavy atom. The van der Waals surface area contributed by atoms with Gasteiger partial charge in [-0.15, -0.1) is 0 Å². The SMILES string of the molecule is Cc1ccc(O)c2ncc(S(=O)(=O)O)cc12. The maximum Gasteiger partial charge on any atom is 0.296 e. The topological polar surface area (TPSA) is 87.5 Å². The van der Waals surface area contributed by atoms with Crippen LogP contribution in [-0.4, -0.2) is 23.1 Å². The molecule has 1 aromatic heterocycles. The first-order chi connectivity index (χ1) is 7.39. The van der Waals surface area contributed by atoms with Crippen LogP contribution >= 0.6 is 0 Å². The molecule has 1 aromatic carbocycles. The summed E-state index contributed by atoms with van der Waals surface area (Å²) in [4.78, 5) is 3.54. The van der Waals surface area contributed by atoms with Gasteiger partial charge in [-0.05, 0) is 24.6 Å². The number of aryl methyl sites for hydroxylation is 1. The lowest BCUT2D eigenvalue weighted by molar-refractivity contribution is 0.478. The largest absolute Gasteiger partial charge is 0.506 e. The minimum absolute atomic E-state index is 0.0255. The van der Waals surface area contributed by atoms with Crippen molar-refractivity contribution < 1.29 is 18.1 Å². The molecule has 0 unspecified atom stereocenters. The standard InChI is InChI=1S/C10H9NO4S/c1-6-2-3-9(12)10-8(6)4-7(5-11-10)16(13,14)15/h2-5,12H,1H3,(H,13,14,15).